The largest absolute Gasteiger partial charge is 0.449 e. The van der Waals surface area contributed by atoms with Crippen LogP contribution in [0.1, 0.15) is 28.4 Å². The quantitative estimate of drug-likeness (QED) is 0.397. The van der Waals surface area contributed by atoms with Crippen LogP contribution in [0.5, 0.6) is 0 Å². The van der Waals surface area contributed by atoms with Crippen molar-refractivity contribution in [1.82, 2.24) is 0 Å². The molecule has 0 bridgehead atoms. The molecule has 28 heavy (non-hydrogen) atoms. The number of ether oxygens (including phenoxy) is 1. The number of carbonyl (C=O) groups excluding carboxylic acids is 1. The summed E-state index contributed by atoms with van der Waals surface area (Å²) >= 11 is 0. The van der Waals surface area contributed by atoms with Crippen molar-refractivity contribution >= 4 is 12.0 Å². The first-order chi connectivity index (χ1) is 13.4. The average Bonchev–Trinajstić information content (AvgIpc) is 2.71. The van der Waals surface area contributed by atoms with Crippen LogP contribution in [0.3, 0.4) is 0 Å². The van der Waals surface area contributed by atoms with Gasteiger partial charge in [-0.1, -0.05) is 72.8 Å². The molecule has 0 aliphatic rings. The van der Waals surface area contributed by atoms with E-state index < -0.39 is 23.8 Å². The van der Waals surface area contributed by atoms with Gasteiger partial charge >= 0.3 is 12.1 Å². The van der Waals surface area contributed by atoms with Gasteiger partial charge in [-0.25, -0.2) is 4.79 Å². The van der Waals surface area contributed by atoms with Crippen molar-refractivity contribution in [2.24, 2.45) is 0 Å². The van der Waals surface area contributed by atoms with Gasteiger partial charge in [0.15, 0.2) is 6.10 Å². The molecular weight excluding hydrogens is 365 g/mol. The van der Waals surface area contributed by atoms with Crippen molar-refractivity contribution in [2.75, 3.05) is 0 Å². The molecule has 0 amide bonds. The molecule has 0 atom stereocenters. The highest BCUT2D eigenvalue weighted by molar-refractivity contribution is 5.87. The molecule has 142 valence electrons. The first-order valence-electron chi connectivity index (χ1n) is 8.59. The molecule has 2 nitrogen and oxygen atoms in total. The van der Waals surface area contributed by atoms with Crippen molar-refractivity contribution in [3.05, 3.63) is 113 Å². The maximum Gasteiger partial charge on any atom is 0.416 e. The normalized spacial score (nSPS) is 11.7. The molecule has 0 aliphatic heterocycles. The Hall–Kier alpha value is -3.34. The number of hydrogen-bond donors (Lipinski definition) is 0. The molecule has 0 fully saturated rings. The summed E-state index contributed by atoms with van der Waals surface area (Å²) in [7, 11) is 0. The third-order valence-electron chi connectivity index (χ3n) is 4.09. The number of benzene rings is 3. The Morgan fingerprint density at radius 2 is 1.29 bits per heavy atom. The van der Waals surface area contributed by atoms with Crippen LogP contribution in [0.4, 0.5) is 13.2 Å². The van der Waals surface area contributed by atoms with E-state index in [9.17, 15) is 18.0 Å². The van der Waals surface area contributed by atoms with Crippen molar-refractivity contribution in [2.45, 2.75) is 12.3 Å². The molecule has 0 unspecified atom stereocenters. The third-order valence-corrected chi connectivity index (χ3v) is 4.09. The van der Waals surface area contributed by atoms with Crippen LogP contribution < -0.4 is 0 Å². The number of rotatable bonds is 5. The highest BCUT2D eigenvalue weighted by Gasteiger charge is 2.29. The molecule has 0 aliphatic carbocycles. The van der Waals surface area contributed by atoms with E-state index in [-0.39, 0.29) is 0 Å². The van der Waals surface area contributed by atoms with Crippen molar-refractivity contribution < 1.29 is 22.7 Å². The summed E-state index contributed by atoms with van der Waals surface area (Å²) in [6, 6.07) is 23.2. The minimum atomic E-state index is -4.39. The Labute approximate surface area is 160 Å². The lowest BCUT2D eigenvalue weighted by molar-refractivity contribution is -0.141. The number of hydrogen-bond acceptors (Lipinski definition) is 2. The Morgan fingerprint density at radius 1 is 0.786 bits per heavy atom. The van der Waals surface area contributed by atoms with Gasteiger partial charge in [-0.2, -0.15) is 13.2 Å². The molecule has 0 aromatic heterocycles. The smallest absolute Gasteiger partial charge is 0.416 e. The highest BCUT2D eigenvalue weighted by atomic mass is 19.4. The van der Waals surface area contributed by atoms with E-state index in [1.54, 1.807) is 0 Å². The van der Waals surface area contributed by atoms with Gasteiger partial charge in [-0.3, -0.25) is 0 Å². The standard InChI is InChI=1S/C23H17F3O2/c24-23(25,26)20-14-11-17(12-15-20)13-16-21(27)28-22(18-7-3-1-4-8-18)19-9-5-2-6-10-19/h1-16,22H/b16-13+. The van der Waals surface area contributed by atoms with Gasteiger partial charge in [0.2, 0.25) is 0 Å². The number of carbonyl (C=O) groups is 1. The average molecular weight is 382 g/mol. The fraction of sp³-hybridized carbons (Fsp3) is 0.0870. The lowest BCUT2D eigenvalue weighted by atomic mass is 10.0. The Bertz CT molecular complexity index is 892. The van der Waals surface area contributed by atoms with Gasteiger partial charge in [-0.05, 0) is 34.9 Å². The first-order valence-corrected chi connectivity index (χ1v) is 8.59. The summed E-state index contributed by atoms with van der Waals surface area (Å²) < 4.78 is 43.4. The molecule has 3 aromatic rings. The number of esters is 1. The van der Waals surface area contributed by atoms with Gasteiger partial charge < -0.3 is 4.74 Å². The Morgan fingerprint density at radius 3 is 1.75 bits per heavy atom. The molecule has 0 heterocycles. The minimum absolute atomic E-state index is 0.473. The van der Waals surface area contributed by atoms with Crippen molar-refractivity contribution in [1.29, 1.82) is 0 Å². The minimum Gasteiger partial charge on any atom is -0.449 e. The number of alkyl halides is 3. The van der Waals surface area contributed by atoms with Crippen molar-refractivity contribution in [3.8, 4) is 0 Å². The highest BCUT2D eigenvalue weighted by Crippen LogP contribution is 2.29. The predicted octanol–water partition coefficient (Wildman–Crippen LogP) is 6.05. The Balaban J connectivity index is 1.74. The maximum absolute atomic E-state index is 12.6. The zero-order valence-electron chi connectivity index (χ0n) is 14.8. The van der Waals surface area contributed by atoms with E-state index in [0.29, 0.717) is 5.56 Å². The monoisotopic (exact) mass is 382 g/mol. The van der Waals surface area contributed by atoms with Gasteiger partial charge in [-0.15, -0.1) is 0 Å². The molecule has 0 saturated carbocycles. The molecule has 0 spiro atoms. The molecule has 0 N–H and O–H groups in total. The van der Waals surface area contributed by atoms with E-state index in [0.717, 1.165) is 23.3 Å². The SMILES string of the molecule is O=C(/C=C/c1ccc(C(F)(F)F)cc1)OC(c1ccccc1)c1ccccc1. The summed E-state index contributed by atoms with van der Waals surface area (Å²) in [5.74, 6) is -0.586. The molecule has 0 saturated heterocycles. The fourth-order valence-electron chi connectivity index (χ4n) is 2.69. The van der Waals surface area contributed by atoms with E-state index in [1.165, 1.54) is 24.3 Å². The van der Waals surface area contributed by atoms with Gasteiger partial charge in [0.25, 0.3) is 0 Å². The fourth-order valence-corrected chi connectivity index (χ4v) is 2.69. The Kier molecular flexibility index (Phi) is 5.94. The summed E-state index contributed by atoms with van der Waals surface area (Å²) in [6.07, 6.45) is -2.33. The predicted molar refractivity (Wildman–Crippen MR) is 101 cm³/mol. The summed E-state index contributed by atoms with van der Waals surface area (Å²) in [6.45, 7) is 0. The van der Waals surface area contributed by atoms with Crippen LogP contribution in [0.2, 0.25) is 0 Å². The second kappa shape index (κ2) is 8.57. The van der Waals surface area contributed by atoms with Crippen LogP contribution >= 0.6 is 0 Å². The van der Waals surface area contributed by atoms with Crippen LogP contribution in [0.25, 0.3) is 6.08 Å². The van der Waals surface area contributed by atoms with E-state index in [2.05, 4.69) is 0 Å². The van der Waals surface area contributed by atoms with Crippen LogP contribution in [0, 0.1) is 0 Å². The molecule has 5 heteroatoms. The third kappa shape index (κ3) is 5.10. The zero-order chi connectivity index (χ0) is 20.0. The van der Waals surface area contributed by atoms with Gasteiger partial charge in [0.05, 0.1) is 5.56 Å². The van der Waals surface area contributed by atoms with E-state index >= 15 is 0 Å². The lowest BCUT2D eigenvalue weighted by Gasteiger charge is -2.18. The number of halogens is 3. The summed E-state index contributed by atoms with van der Waals surface area (Å²) in [5.41, 5.74) is 1.39. The van der Waals surface area contributed by atoms with Crippen molar-refractivity contribution in [3.63, 3.8) is 0 Å². The first kappa shape index (κ1) is 19.4. The molecule has 0 radical (unpaired) electrons. The van der Waals surface area contributed by atoms with Crippen LogP contribution in [-0.2, 0) is 15.7 Å². The van der Waals surface area contributed by atoms with Crippen LogP contribution in [-0.4, -0.2) is 5.97 Å². The van der Waals surface area contributed by atoms with Gasteiger partial charge in [0, 0.05) is 6.08 Å². The maximum atomic E-state index is 12.6. The zero-order valence-corrected chi connectivity index (χ0v) is 14.8. The van der Waals surface area contributed by atoms with Gasteiger partial charge in [0.1, 0.15) is 0 Å². The van der Waals surface area contributed by atoms with E-state index in [4.69, 9.17) is 4.74 Å². The molecule has 3 aromatic carbocycles. The lowest BCUT2D eigenvalue weighted by Crippen LogP contribution is -2.10. The van der Waals surface area contributed by atoms with Crippen LogP contribution in [0.15, 0.2) is 91.0 Å². The molecule has 3 rings (SSSR count). The summed E-state index contributed by atoms with van der Waals surface area (Å²) in [4.78, 5) is 12.3. The second-order valence-corrected chi connectivity index (χ2v) is 6.09. The van der Waals surface area contributed by atoms with E-state index in [1.807, 2.05) is 60.7 Å². The second-order valence-electron chi connectivity index (χ2n) is 6.09. The summed E-state index contributed by atoms with van der Waals surface area (Å²) in [5, 5.41) is 0. The molecular formula is C23H17F3O2. The topological polar surface area (TPSA) is 26.3 Å².